The number of rotatable bonds is 7. The van der Waals surface area contributed by atoms with Gasteiger partial charge in [-0.2, -0.15) is 4.98 Å². The van der Waals surface area contributed by atoms with Crippen molar-refractivity contribution in [2.24, 2.45) is 0 Å². The van der Waals surface area contributed by atoms with Crippen molar-refractivity contribution in [2.45, 2.75) is 32.2 Å². The first-order valence-corrected chi connectivity index (χ1v) is 9.01. The molecule has 0 bridgehead atoms. The standard InChI is InChI=1S/C18H17F2N3O2S/c1-11(12-7-8-13(19)14(20)10-12)21-16(24)5-2-6-17-22-18(23-25-17)15-4-3-9-26-15/h3-4,7-11H,2,5-6H2,1H3,(H,21,24)/t11-/m0/s1. The van der Waals surface area contributed by atoms with Crippen molar-refractivity contribution >= 4 is 17.2 Å². The second-order valence-corrected chi connectivity index (χ2v) is 6.75. The number of amides is 1. The Morgan fingerprint density at radius 3 is 2.88 bits per heavy atom. The lowest BCUT2D eigenvalue weighted by Gasteiger charge is -2.14. The molecule has 26 heavy (non-hydrogen) atoms. The number of benzene rings is 1. The average Bonchev–Trinajstić information content (AvgIpc) is 3.28. The number of carbonyl (C=O) groups is 1. The second kappa shape index (κ2) is 8.18. The van der Waals surface area contributed by atoms with Crippen molar-refractivity contribution in [1.29, 1.82) is 0 Å². The zero-order valence-corrected chi connectivity index (χ0v) is 14.9. The molecule has 2 aromatic heterocycles. The Morgan fingerprint density at radius 2 is 2.15 bits per heavy atom. The van der Waals surface area contributed by atoms with E-state index in [9.17, 15) is 13.6 Å². The molecule has 8 heteroatoms. The molecule has 0 aliphatic rings. The van der Waals surface area contributed by atoms with E-state index in [0.29, 0.717) is 30.1 Å². The van der Waals surface area contributed by atoms with E-state index in [1.165, 1.54) is 17.4 Å². The highest BCUT2D eigenvalue weighted by molar-refractivity contribution is 7.13. The predicted octanol–water partition coefficient (Wildman–Crippen LogP) is 4.28. The third-order valence-corrected chi connectivity index (χ3v) is 4.69. The van der Waals surface area contributed by atoms with Gasteiger partial charge in [-0.05, 0) is 42.5 Å². The van der Waals surface area contributed by atoms with Crippen molar-refractivity contribution in [1.82, 2.24) is 15.5 Å². The van der Waals surface area contributed by atoms with Crippen molar-refractivity contribution in [3.63, 3.8) is 0 Å². The van der Waals surface area contributed by atoms with Gasteiger partial charge in [0, 0.05) is 12.8 Å². The Morgan fingerprint density at radius 1 is 1.31 bits per heavy atom. The minimum atomic E-state index is -0.929. The highest BCUT2D eigenvalue weighted by Crippen LogP contribution is 2.21. The van der Waals surface area contributed by atoms with Gasteiger partial charge in [-0.3, -0.25) is 4.79 Å². The summed E-state index contributed by atoms with van der Waals surface area (Å²) in [5.74, 6) is -0.989. The van der Waals surface area contributed by atoms with Crippen molar-refractivity contribution in [3.05, 3.63) is 58.8 Å². The Labute approximate surface area is 153 Å². The molecule has 1 N–H and O–H groups in total. The van der Waals surface area contributed by atoms with Gasteiger partial charge in [0.25, 0.3) is 0 Å². The van der Waals surface area contributed by atoms with Gasteiger partial charge in [0.2, 0.25) is 17.6 Å². The van der Waals surface area contributed by atoms with E-state index >= 15 is 0 Å². The first-order chi connectivity index (χ1) is 12.5. The molecule has 0 unspecified atom stereocenters. The molecule has 0 radical (unpaired) electrons. The van der Waals surface area contributed by atoms with Gasteiger partial charge >= 0.3 is 0 Å². The van der Waals surface area contributed by atoms with Crippen molar-refractivity contribution < 1.29 is 18.1 Å². The lowest BCUT2D eigenvalue weighted by Crippen LogP contribution is -2.26. The van der Waals surface area contributed by atoms with Gasteiger partial charge in [0.15, 0.2) is 11.6 Å². The topological polar surface area (TPSA) is 68.0 Å². The van der Waals surface area contributed by atoms with E-state index in [1.54, 1.807) is 6.92 Å². The van der Waals surface area contributed by atoms with Gasteiger partial charge < -0.3 is 9.84 Å². The fourth-order valence-corrected chi connectivity index (χ4v) is 3.09. The SMILES string of the molecule is C[C@H](NC(=O)CCCc1nc(-c2cccs2)no1)c1ccc(F)c(F)c1. The zero-order chi connectivity index (χ0) is 18.5. The monoisotopic (exact) mass is 377 g/mol. The average molecular weight is 377 g/mol. The molecular weight excluding hydrogens is 360 g/mol. The molecule has 0 fully saturated rings. The Kier molecular flexibility index (Phi) is 5.72. The van der Waals surface area contributed by atoms with Crippen LogP contribution < -0.4 is 5.32 Å². The van der Waals surface area contributed by atoms with Crippen LogP contribution in [0, 0.1) is 11.6 Å². The molecule has 0 spiro atoms. The smallest absolute Gasteiger partial charge is 0.226 e. The second-order valence-electron chi connectivity index (χ2n) is 5.81. The van der Waals surface area contributed by atoms with Gasteiger partial charge in [0.05, 0.1) is 10.9 Å². The van der Waals surface area contributed by atoms with Crippen LogP contribution in [0.15, 0.2) is 40.2 Å². The summed E-state index contributed by atoms with van der Waals surface area (Å²) in [6.07, 6.45) is 1.30. The summed E-state index contributed by atoms with van der Waals surface area (Å²) in [6.45, 7) is 1.72. The normalized spacial score (nSPS) is 12.1. The van der Waals surface area contributed by atoms with E-state index < -0.39 is 17.7 Å². The molecule has 1 aromatic carbocycles. The zero-order valence-electron chi connectivity index (χ0n) is 14.0. The number of carbonyl (C=O) groups excluding carboxylic acids is 1. The van der Waals surface area contributed by atoms with Crippen LogP contribution >= 0.6 is 11.3 Å². The van der Waals surface area contributed by atoms with Crippen molar-refractivity contribution in [3.8, 4) is 10.7 Å². The summed E-state index contributed by atoms with van der Waals surface area (Å²) in [5.41, 5.74) is 0.509. The number of aromatic nitrogens is 2. The van der Waals surface area contributed by atoms with E-state index in [-0.39, 0.29) is 12.3 Å². The molecule has 3 aromatic rings. The summed E-state index contributed by atoms with van der Waals surface area (Å²) >= 11 is 1.53. The Bertz CT molecular complexity index is 880. The van der Waals surface area contributed by atoms with E-state index in [2.05, 4.69) is 15.5 Å². The van der Waals surface area contributed by atoms with Crippen molar-refractivity contribution in [2.75, 3.05) is 0 Å². The summed E-state index contributed by atoms with van der Waals surface area (Å²) < 4.78 is 31.4. The van der Waals surface area contributed by atoms with Gasteiger partial charge in [0.1, 0.15) is 0 Å². The molecule has 0 saturated heterocycles. The number of halogens is 2. The van der Waals surface area contributed by atoms with Crippen LogP contribution in [0.5, 0.6) is 0 Å². The number of hydrogen-bond donors (Lipinski definition) is 1. The predicted molar refractivity (Wildman–Crippen MR) is 93.5 cm³/mol. The Hall–Kier alpha value is -2.61. The molecule has 1 atom stereocenters. The van der Waals surface area contributed by atoms with Gasteiger partial charge in [-0.1, -0.05) is 17.3 Å². The van der Waals surface area contributed by atoms with Crippen LogP contribution in [-0.4, -0.2) is 16.0 Å². The fourth-order valence-electron chi connectivity index (χ4n) is 2.44. The summed E-state index contributed by atoms with van der Waals surface area (Å²) in [5, 5.41) is 8.62. The third kappa shape index (κ3) is 4.51. The molecule has 0 aliphatic heterocycles. The lowest BCUT2D eigenvalue weighted by molar-refractivity contribution is -0.121. The lowest BCUT2D eigenvalue weighted by atomic mass is 10.1. The minimum absolute atomic E-state index is 0.180. The van der Waals surface area contributed by atoms with E-state index in [1.807, 2.05) is 17.5 Å². The van der Waals surface area contributed by atoms with Crippen LogP contribution in [0.1, 0.15) is 37.3 Å². The van der Waals surface area contributed by atoms with Crippen LogP contribution in [0.25, 0.3) is 10.7 Å². The highest BCUT2D eigenvalue weighted by atomic mass is 32.1. The summed E-state index contributed by atoms with van der Waals surface area (Å²) in [4.78, 5) is 17.2. The fraction of sp³-hybridized carbons (Fsp3) is 0.278. The van der Waals surface area contributed by atoms with Gasteiger partial charge in [-0.15, -0.1) is 11.3 Å². The maximum absolute atomic E-state index is 13.3. The number of nitrogens with zero attached hydrogens (tertiary/aromatic N) is 2. The molecule has 3 rings (SSSR count). The molecule has 2 heterocycles. The summed E-state index contributed by atoms with van der Waals surface area (Å²) in [6, 6.07) is 7.00. The van der Waals surface area contributed by atoms with E-state index in [0.717, 1.165) is 17.0 Å². The summed E-state index contributed by atoms with van der Waals surface area (Å²) in [7, 11) is 0. The first kappa shape index (κ1) is 18.2. The van der Waals surface area contributed by atoms with Crippen LogP contribution in [0.2, 0.25) is 0 Å². The van der Waals surface area contributed by atoms with Crippen LogP contribution in [-0.2, 0) is 11.2 Å². The van der Waals surface area contributed by atoms with Crippen LogP contribution in [0.4, 0.5) is 8.78 Å². The number of nitrogens with one attached hydrogen (secondary N) is 1. The maximum Gasteiger partial charge on any atom is 0.226 e. The largest absolute Gasteiger partial charge is 0.350 e. The minimum Gasteiger partial charge on any atom is -0.350 e. The number of aryl methyl sites for hydroxylation is 1. The molecule has 5 nitrogen and oxygen atoms in total. The van der Waals surface area contributed by atoms with Gasteiger partial charge in [-0.25, -0.2) is 8.78 Å². The Balaban J connectivity index is 1.46. The third-order valence-electron chi connectivity index (χ3n) is 3.83. The van der Waals surface area contributed by atoms with Crippen LogP contribution in [0.3, 0.4) is 0 Å². The molecule has 0 saturated carbocycles. The molecule has 0 aliphatic carbocycles. The molecular formula is C18H17F2N3O2S. The molecule has 136 valence electrons. The number of hydrogen-bond acceptors (Lipinski definition) is 5. The quantitative estimate of drug-likeness (QED) is 0.667. The molecule has 1 amide bonds. The first-order valence-electron chi connectivity index (χ1n) is 8.13. The number of thiophene rings is 1. The van der Waals surface area contributed by atoms with E-state index in [4.69, 9.17) is 4.52 Å². The highest BCUT2D eigenvalue weighted by Gasteiger charge is 2.13. The maximum atomic E-state index is 13.3.